The molecule has 0 bridgehead atoms. The zero-order valence-electron chi connectivity index (χ0n) is 10.2. The molecule has 0 N–H and O–H groups in total. The summed E-state index contributed by atoms with van der Waals surface area (Å²) in [4.78, 5) is 10.6. The first-order valence-electron chi connectivity index (χ1n) is 6.41. The van der Waals surface area contributed by atoms with Crippen molar-refractivity contribution < 1.29 is 4.79 Å². The van der Waals surface area contributed by atoms with Crippen LogP contribution >= 0.6 is 0 Å². The van der Waals surface area contributed by atoms with Crippen molar-refractivity contribution in [2.45, 2.75) is 51.9 Å². The third kappa shape index (κ3) is 5.11. The van der Waals surface area contributed by atoms with Crippen LogP contribution < -0.4 is 0 Å². The lowest BCUT2D eigenvalue weighted by molar-refractivity contribution is 0.112. The van der Waals surface area contributed by atoms with E-state index >= 15 is 0 Å². The van der Waals surface area contributed by atoms with Gasteiger partial charge >= 0.3 is 0 Å². The van der Waals surface area contributed by atoms with E-state index in [-0.39, 0.29) is 0 Å². The number of carbonyl (C=O) groups is 1. The van der Waals surface area contributed by atoms with Crippen LogP contribution in [0.4, 0.5) is 0 Å². The number of carbonyl (C=O) groups excluding carboxylic acids is 1. The Hall–Kier alpha value is -1.11. The van der Waals surface area contributed by atoms with E-state index in [2.05, 4.69) is 13.0 Å². The molecule has 1 heteroatoms. The molecule has 0 saturated carbocycles. The van der Waals surface area contributed by atoms with Gasteiger partial charge in [-0.2, -0.15) is 0 Å². The first-order chi connectivity index (χ1) is 7.86. The van der Waals surface area contributed by atoms with Crippen molar-refractivity contribution in [3.63, 3.8) is 0 Å². The summed E-state index contributed by atoms with van der Waals surface area (Å²) in [7, 11) is 0. The Balaban J connectivity index is 2.18. The van der Waals surface area contributed by atoms with Crippen LogP contribution in [0.5, 0.6) is 0 Å². The van der Waals surface area contributed by atoms with Crippen molar-refractivity contribution in [1.82, 2.24) is 0 Å². The van der Waals surface area contributed by atoms with Gasteiger partial charge in [-0.1, -0.05) is 57.2 Å². The van der Waals surface area contributed by atoms with Crippen molar-refractivity contribution >= 4 is 6.29 Å². The van der Waals surface area contributed by atoms with E-state index in [4.69, 9.17) is 0 Å². The molecule has 0 heterocycles. The fourth-order valence-corrected chi connectivity index (χ4v) is 1.93. The van der Waals surface area contributed by atoms with Crippen LogP contribution in [0.3, 0.4) is 0 Å². The fourth-order valence-electron chi connectivity index (χ4n) is 1.93. The zero-order chi connectivity index (χ0) is 11.6. The number of aldehydes is 1. The minimum Gasteiger partial charge on any atom is -0.298 e. The van der Waals surface area contributed by atoms with Gasteiger partial charge in [0.1, 0.15) is 6.29 Å². The smallest absolute Gasteiger partial charge is 0.150 e. The maximum absolute atomic E-state index is 10.6. The summed E-state index contributed by atoms with van der Waals surface area (Å²) >= 11 is 0. The van der Waals surface area contributed by atoms with E-state index in [1.807, 2.05) is 18.2 Å². The minimum atomic E-state index is 0.795. The van der Waals surface area contributed by atoms with Gasteiger partial charge in [-0.25, -0.2) is 0 Å². The number of aryl methyl sites for hydroxylation is 1. The molecule has 0 unspecified atom stereocenters. The van der Waals surface area contributed by atoms with Gasteiger partial charge in [-0.3, -0.25) is 4.79 Å². The molecule has 0 aliphatic carbocycles. The summed E-state index contributed by atoms with van der Waals surface area (Å²) in [5, 5.41) is 0. The van der Waals surface area contributed by atoms with Crippen molar-refractivity contribution in [1.29, 1.82) is 0 Å². The van der Waals surface area contributed by atoms with Gasteiger partial charge in [0, 0.05) is 5.56 Å². The minimum absolute atomic E-state index is 0.795. The Labute approximate surface area is 98.9 Å². The van der Waals surface area contributed by atoms with Crippen LogP contribution in [-0.4, -0.2) is 6.29 Å². The van der Waals surface area contributed by atoms with Gasteiger partial charge in [-0.05, 0) is 24.5 Å². The predicted octanol–water partition coefficient (Wildman–Crippen LogP) is 4.40. The Morgan fingerprint density at radius 3 is 2.56 bits per heavy atom. The topological polar surface area (TPSA) is 17.1 Å². The second-order valence-electron chi connectivity index (χ2n) is 4.38. The second-order valence-corrected chi connectivity index (χ2v) is 4.38. The van der Waals surface area contributed by atoms with Gasteiger partial charge < -0.3 is 0 Å². The van der Waals surface area contributed by atoms with E-state index in [9.17, 15) is 4.79 Å². The van der Waals surface area contributed by atoms with Crippen LogP contribution in [0.15, 0.2) is 24.3 Å². The summed E-state index contributed by atoms with van der Waals surface area (Å²) < 4.78 is 0. The normalized spacial score (nSPS) is 10.3. The highest BCUT2D eigenvalue weighted by Crippen LogP contribution is 2.10. The molecule has 0 amide bonds. The monoisotopic (exact) mass is 218 g/mol. The zero-order valence-corrected chi connectivity index (χ0v) is 10.2. The van der Waals surface area contributed by atoms with Gasteiger partial charge in [-0.15, -0.1) is 0 Å². The molecule has 0 atom stereocenters. The molecule has 16 heavy (non-hydrogen) atoms. The molecule has 0 aliphatic heterocycles. The number of benzene rings is 1. The maximum Gasteiger partial charge on any atom is 0.150 e. The lowest BCUT2D eigenvalue weighted by Crippen LogP contribution is -1.88. The highest BCUT2D eigenvalue weighted by molar-refractivity contribution is 5.74. The molecule has 1 rings (SSSR count). The molecule has 0 saturated heterocycles. The average molecular weight is 218 g/mol. The third-order valence-corrected chi connectivity index (χ3v) is 2.91. The second kappa shape index (κ2) is 8.09. The van der Waals surface area contributed by atoms with Crippen molar-refractivity contribution in [3.05, 3.63) is 35.4 Å². The summed E-state index contributed by atoms with van der Waals surface area (Å²) in [5.41, 5.74) is 2.09. The van der Waals surface area contributed by atoms with Crippen LogP contribution in [0, 0.1) is 0 Å². The lowest BCUT2D eigenvalue weighted by Gasteiger charge is -2.02. The van der Waals surface area contributed by atoms with E-state index in [0.29, 0.717) is 0 Å². The first-order valence-corrected chi connectivity index (χ1v) is 6.41. The Kier molecular flexibility index (Phi) is 6.55. The van der Waals surface area contributed by atoms with Crippen LogP contribution in [-0.2, 0) is 6.42 Å². The number of rotatable bonds is 8. The van der Waals surface area contributed by atoms with Gasteiger partial charge in [0.15, 0.2) is 0 Å². The maximum atomic E-state index is 10.6. The molecular formula is C15H22O. The van der Waals surface area contributed by atoms with Crippen molar-refractivity contribution in [2.24, 2.45) is 0 Å². The highest BCUT2D eigenvalue weighted by Gasteiger charge is 1.95. The first kappa shape index (κ1) is 13.0. The average Bonchev–Trinajstić information content (AvgIpc) is 2.34. The molecule has 0 radical (unpaired) electrons. The highest BCUT2D eigenvalue weighted by atomic mass is 16.1. The quantitative estimate of drug-likeness (QED) is 0.467. The molecule has 88 valence electrons. The number of hydrogen-bond acceptors (Lipinski definition) is 1. The summed E-state index contributed by atoms with van der Waals surface area (Å²) in [6.07, 6.45) is 9.96. The SMILES string of the molecule is CCCCCCCCc1cccc(C=O)c1. The van der Waals surface area contributed by atoms with Crippen molar-refractivity contribution in [2.75, 3.05) is 0 Å². The van der Waals surface area contributed by atoms with E-state index in [1.165, 1.54) is 44.1 Å². The molecule has 1 aromatic carbocycles. The van der Waals surface area contributed by atoms with Crippen LogP contribution in [0.1, 0.15) is 61.4 Å². The Morgan fingerprint density at radius 2 is 1.81 bits per heavy atom. The summed E-state index contributed by atoms with van der Waals surface area (Å²) in [6.45, 7) is 2.24. The van der Waals surface area contributed by atoms with E-state index in [0.717, 1.165) is 18.3 Å². The fraction of sp³-hybridized carbons (Fsp3) is 0.533. The third-order valence-electron chi connectivity index (χ3n) is 2.91. The standard InChI is InChI=1S/C15H22O/c1-2-3-4-5-6-7-9-14-10-8-11-15(12-14)13-16/h8,10-13H,2-7,9H2,1H3. The molecule has 0 aromatic heterocycles. The summed E-state index contributed by atoms with van der Waals surface area (Å²) in [6, 6.07) is 7.94. The molecule has 0 spiro atoms. The molecule has 0 aliphatic rings. The summed E-state index contributed by atoms with van der Waals surface area (Å²) in [5.74, 6) is 0. The van der Waals surface area contributed by atoms with Gasteiger partial charge in [0.2, 0.25) is 0 Å². The van der Waals surface area contributed by atoms with E-state index in [1.54, 1.807) is 0 Å². The number of unbranched alkanes of at least 4 members (excludes halogenated alkanes) is 5. The van der Waals surface area contributed by atoms with Gasteiger partial charge in [0.05, 0.1) is 0 Å². The number of hydrogen-bond donors (Lipinski definition) is 0. The molecule has 1 aromatic rings. The lowest BCUT2D eigenvalue weighted by atomic mass is 10.0. The van der Waals surface area contributed by atoms with Gasteiger partial charge in [0.25, 0.3) is 0 Å². The van der Waals surface area contributed by atoms with Crippen LogP contribution in [0.25, 0.3) is 0 Å². The largest absolute Gasteiger partial charge is 0.298 e. The Bertz CT molecular complexity index is 304. The predicted molar refractivity (Wildman–Crippen MR) is 68.9 cm³/mol. The molecule has 0 fully saturated rings. The van der Waals surface area contributed by atoms with Crippen LogP contribution in [0.2, 0.25) is 0 Å². The molecule has 1 nitrogen and oxygen atoms in total. The molecular weight excluding hydrogens is 196 g/mol. The van der Waals surface area contributed by atoms with E-state index < -0.39 is 0 Å². The Morgan fingerprint density at radius 1 is 1.06 bits per heavy atom. The van der Waals surface area contributed by atoms with Crippen molar-refractivity contribution in [3.8, 4) is 0 Å².